The number of para-hydroxylation sites is 1. The van der Waals surface area contributed by atoms with Crippen LogP contribution in [0.3, 0.4) is 0 Å². The Kier molecular flexibility index (Phi) is 5.25. The summed E-state index contributed by atoms with van der Waals surface area (Å²) in [5.41, 5.74) is 1.85. The first-order chi connectivity index (χ1) is 12.1. The van der Waals surface area contributed by atoms with Crippen molar-refractivity contribution in [1.82, 2.24) is 14.5 Å². The van der Waals surface area contributed by atoms with Crippen LogP contribution in [0.4, 0.5) is 5.69 Å². The Labute approximate surface area is 149 Å². The number of anilines is 1. The van der Waals surface area contributed by atoms with Gasteiger partial charge in [0.15, 0.2) is 5.16 Å². The smallest absolute Gasteiger partial charge is 0.258 e. The predicted molar refractivity (Wildman–Crippen MR) is 98.2 cm³/mol. The number of rotatable bonds is 5. The third-order valence-corrected chi connectivity index (χ3v) is 4.27. The third kappa shape index (κ3) is 4.33. The average molecular weight is 352 g/mol. The molecular formula is C18H16N4O2S. The maximum Gasteiger partial charge on any atom is 0.258 e. The fourth-order valence-electron chi connectivity index (χ4n) is 2.24. The maximum absolute atomic E-state index is 12.4. The molecule has 3 aromatic rings. The number of benzene rings is 1. The molecule has 0 saturated heterocycles. The summed E-state index contributed by atoms with van der Waals surface area (Å²) in [6, 6.07) is 14.2. The van der Waals surface area contributed by atoms with E-state index in [-0.39, 0.29) is 17.2 Å². The molecule has 0 radical (unpaired) electrons. The van der Waals surface area contributed by atoms with Gasteiger partial charge in [-0.2, -0.15) is 0 Å². The quantitative estimate of drug-likeness (QED) is 0.564. The van der Waals surface area contributed by atoms with E-state index in [0.29, 0.717) is 16.5 Å². The molecule has 2 aromatic heterocycles. The van der Waals surface area contributed by atoms with Gasteiger partial charge in [0, 0.05) is 29.8 Å². The molecule has 0 fully saturated rings. The number of nitrogens with one attached hydrogen (secondary N) is 1. The topological polar surface area (TPSA) is 76.9 Å². The van der Waals surface area contributed by atoms with Gasteiger partial charge in [0.25, 0.3) is 5.56 Å². The van der Waals surface area contributed by atoms with Crippen LogP contribution in [0.15, 0.2) is 70.9 Å². The Morgan fingerprint density at radius 3 is 2.60 bits per heavy atom. The molecule has 6 nitrogen and oxygen atoms in total. The van der Waals surface area contributed by atoms with Gasteiger partial charge in [-0.05, 0) is 31.2 Å². The summed E-state index contributed by atoms with van der Waals surface area (Å²) in [5, 5.41) is 3.27. The van der Waals surface area contributed by atoms with Gasteiger partial charge < -0.3 is 5.32 Å². The molecule has 0 atom stereocenters. The van der Waals surface area contributed by atoms with E-state index in [1.54, 1.807) is 31.5 Å². The summed E-state index contributed by atoms with van der Waals surface area (Å²) in [7, 11) is 0. The molecule has 2 heterocycles. The molecule has 25 heavy (non-hydrogen) atoms. The highest BCUT2D eigenvalue weighted by atomic mass is 32.2. The van der Waals surface area contributed by atoms with E-state index in [4.69, 9.17) is 0 Å². The Morgan fingerprint density at radius 1 is 1.16 bits per heavy atom. The monoisotopic (exact) mass is 352 g/mol. The van der Waals surface area contributed by atoms with Crippen molar-refractivity contribution in [2.24, 2.45) is 0 Å². The summed E-state index contributed by atoms with van der Waals surface area (Å²) in [6.07, 6.45) is 3.22. The van der Waals surface area contributed by atoms with E-state index in [0.717, 1.165) is 5.69 Å². The third-order valence-electron chi connectivity index (χ3n) is 3.33. The second-order valence-electron chi connectivity index (χ2n) is 5.26. The largest absolute Gasteiger partial charge is 0.325 e. The number of pyridine rings is 1. The van der Waals surface area contributed by atoms with E-state index in [1.165, 1.54) is 22.4 Å². The minimum atomic E-state index is -0.174. The lowest BCUT2D eigenvalue weighted by molar-refractivity contribution is -0.113. The average Bonchev–Trinajstić information content (AvgIpc) is 2.61. The van der Waals surface area contributed by atoms with Gasteiger partial charge in [-0.15, -0.1) is 0 Å². The number of nitrogens with zero attached hydrogens (tertiary/aromatic N) is 3. The van der Waals surface area contributed by atoms with E-state index >= 15 is 0 Å². The number of hydrogen-bond donors (Lipinski definition) is 1. The van der Waals surface area contributed by atoms with Crippen LogP contribution < -0.4 is 10.9 Å². The van der Waals surface area contributed by atoms with Crippen LogP contribution in [0, 0.1) is 6.92 Å². The first-order valence-corrected chi connectivity index (χ1v) is 8.61. The molecule has 3 rings (SSSR count). The van der Waals surface area contributed by atoms with E-state index in [1.807, 2.05) is 30.3 Å². The van der Waals surface area contributed by atoms with Gasteiger partial charge in [-0.3, -0.25) is 19.1 Å². The molecule has 1 N–H and O–H groups in total. The van der Waals surface area contributed by atoms with Gasteiger partial charge in [-0.1, -0.05) is 30.0 Å². The standard InChI is InChI=1S/C18H16N4O2S/c1-13-11-17(24)22(15-5-3-2-4-6-15)18(20-13)25-12-16(23)21-14-7-9-19-10-8-14/h2-11H,12H2,1H3,(H,19,21,23). The van der Waals surface area contributed by atoms with E-state index in [9.17, 15) is 9.59 Å². The Hall–Kier alpha value is -2.93. The lowest BCUT2D eigenvalue weighted by atomic mass is 10.3. The van der Waals surface area contributed by atoms with Crippen LogP contribution in [-0.4, -0.2) is 26.2 Å². The van der Waals surface area contributed by atoms with Crippen LogP contribution in [0.1, 0.15) is 5.69 Å². The lowest BCUT2D eigenvalue weighted by Gasteiger charge is -2.12. The Balaban J connectivity index is 1.80. The SMILES string of the molecule is Cc1cc(=O)n(-c2ccccc2)c(SCC(=O)Nc2ccncc2)n1. The zero-order valence-corrected chi connectivity index (χ0v) is 14.4. The summed E-state index contributed by atoms with van der Waals surface area (Å²) in [5.74, 6) is -0.0306. The molecule has 0 aliphatic rings. The molecule has 0 unspecified atom stereocenters. The molecular weight excluding hydrogens is 336 g/mol. The normalized spacial score (nSPS) is 10.4. The minimum Gasteiger partial charge on any atom is -0.325 e. The van der Waals surface area contributed by atoms with Crippen LogP contribution in [0.5, 0.6) is 0 Å². The second-order valence-corrected chi connectivity index (χ2v) is 6.20. The molecule has 0 aliphatic carbocycles. The highest BCUT2D eigenvalue weighted by Gasteiger charge is 2.12. The highest BCUT2D eigenvalue weighted by Crippen LogP contribution is 2.19. The zero-order valence-electron chi connectivity index (χ0n) is 13.5. The summed E-state index contributed by atoms with van der Waals surface area (Å²) >= 11 is 1.22. The number of aromatic nitrogens is 3. The molecule has 0 spiro atoms. The first kappa shape index (κ1) is 16.9. The second kappa shape index (κ2) is 7.76. The van der Waals surface area contributed by atoms with Crippen molar-refractivity contribution < 1.29 is 4.79 Å². The summed E-state index contributed by atoms with van der Waals surface area (Å²) < 4.78 is 1.51. The first-order valence-electron chi connectivity index (χ1n) is 7.62. The zero-order chi connectivity index (χ0) is 17.6. The van der Waals surface area contributed by atoms with Crippen molar-refractivity contribution in [3.63, 3.8) is 0 Å². The maximum atomic E-state index is 12.4. The summed E-state index contributed by atoms with van der Waals surface area (Å²) in [6.45, 7) is 1.76. The van der Waals surface area contributed by atoms with Crippen molar-refractivity contribution in [2.75, 3.05) is 11.1 Å². The van der Waals surface area contributed by atoms with Crippen LogP contribution in [0.2, 0.25) is 0 Å². The van der Waals surface area contributed by atoms with Crippen molar-refractivity contribution >= 4 is 23.4 Å². The minimum absolute atomic E-state index is 0.144. The molecule has 1 aromatic carbocycles. The fraction of sp³-hybridized carbons (Fsp3) is 0.111. The number of hydrogen-bond acceptors (Lipinski definition) is 5. The summed E-state index contributed by atoms with van der Waals surface area (Å²) in [4.78, 5) is 32.9. The van der Waals surface area contributed by atoms with Gasteiger partial charge >= 0.3 is 0 Å². The predicted octanol–water partition coefficient (Wildman–Crippen LogP) is 2.67. The number of carbonyl (C=O) groups is 1. The number of aryl methyl sites for hydroxylation is 1. The van der Waals surface area contributed by atoms with Crippen molar-refractivity contribution in [2.45, 2.75) is 12.1 Å². The number of amides is 1. The van der Waals surface area contributed by atoms with Gasteiger partial charge in [0.1, 0.15) is 0 Å². The van der Waals surface area contributed by atoms with E-state index in [2.05, 4.69) is 15.3 Å². The lowest BCUT2D eigenvalue weighted by Crippen LogP contribution is -2.22. The van der Waals surface area contributed by atoms with Crippen LogP contribution in [-0.2, 0) is 4.79 Å². The Morgan fingerprint density at radius 2 is 1.88 bits per heavy atom. The molecule has 0 aliphatic heterocycles. The molecule has 0 bridgehead atoms. The van der Waals surface area contributed by atoms with E-state index < -0.39 is 0 Å². The molecule has 126 valence electrons. The van der Waals surface area contributed by atoms with Crippen LogP contribution in [0.25, 0.3) is 5.69 Å². The van der Waals surface area contributed by atoms with Crippen molar-refractivity contribution in [3.8, 4) is 5.69 Å². The highest BCUT2D eigenvalue weighted by molar-refractivity contribution is 7.99. The van der Waals surface area contributed by atoms with Gasteiger partial charge in [0.05, 0.1) is 11.4 Å². The van der Waals surface area contributed by atoms with Gasteiger partial charge in [-0.25, -0.2) is 4.98 Å². The molecule has 1 amide bonds. The van der Waals surface area contributed by atoms with Crippen molar-refractivity contribution in [1.29, 1.82) is 0 Å². The Bertz CT molecular complexity index is 927. The number of carbonyl (C=O) groups excluding carboxylic acids is 1. The number of thioether (sulfide) groups is 1. The fourth-order valence-corrected chi connectivity index (χ4v) is 3.11. The molecule has 7 heteroatoms. The van der Waals surface area contributed by atoms with Crippen LogP contribution >= 0.6 is 11.8 Å². The van der Waals surface area contributed by atoms with Gasteiger partial charge in [0.2, 0.25) is 5.91 Å². The molecule has 0 saturated carbocycles. The van der Waals surface area contributed by atoms with Crippen molar-refractivity contribution in [3.05, 3.63) is 77.0 Å².